The van der Waals surface area contributed by atoms with E-state index >= 15 is 0 Å². The van der Waals surface area contributed by atoms with E-state index in [2.05, 4.69) is 10.3 Å². The van der Waals surface area contributed by atoms with Gasteiger partial charge in [-0.3, -0.25) is 10.8 Å². The maximum absolute atomic E-state index is 13.3. The number of halogens is 3. The fraction of sp³-hybridized carbons (Fsp3) is 0.364. The third-order valence-electron chi connectivity index (χ3n) is 5.48. The second-order valence-corrected chi connectivity index (χ2v) is 7.20. The van der Waals surface area contributed by atoms with Crippen LogP contribution in [-0.4, -0.2) is 42.7 Å². The third kappa shape index (κ3) is 3.92. The van der Waals surface area contributed by atoms with Gasteiger partial charge >= 0.3 is 12.1 Å². The summed E-state index contributed by atoms with van der Waals surface area (Å²) in [5, 5.41) is 19.6. The summed E-state index contributed by atoms with van der Waals surface area (Å²) >= 11 is 0. The second-order valence-electron chi connectivity index (χ2n) is 7.20. The molecule has 0 amide bonds. The SMILES string of the molecule is C/C=C(\C(=N)C(F)(F)F)c1nc2ccc(NC)c(C(=N)C(=O)OC)c2c2c1CCCC2. The van der Waals surface area contributed by atoms with Crippen LogP contribution in [0.3, 0.4) is 0 Å². The lowest BCUT2D eigenvalue weighted by molar-refractivity contribution is -0.132. The largest absolute Gasteiger partial charge is 0.464 e. The number of benzene rings is 1. The van der Waals surface area contributed by atoms with Crippen LogP contribution in [-0.2, 0) is 22.4 Å². The number of nitrogens with zero attached hydrogens (tertiary/aromatic N) is 1. The average Bonchev–Trinajstić information content (AvgIpc) is 2.76. The Morgan fingerprint density at radius 2 is 1.84 bits per heavy atom. The van der Waals surface area contributed by atoms with E-state index in [0.717, 1.165) is 18.4 Å². The lowest BCUT2D eigenvalue weighted by Gasteiger charge is -2.25. The summed E-state index contributed by atoms with van der Waals surface area (Å²) in [5.74, 6) is -0.814. The highest BCUT2D eigenvalue weighted by atomic mass is 19.4. The van der Waals surface area contributed by atoms with Crippen molar-refractivity contribution in [2.24, 2.45) is 0 Å². The average molecular weight is 432 g/mol. The number of hydrogen-bond acceptors (Lipinski definition) is 6. The Balaban J connectivity index is 2.40. The maximum Gasteiger partial charge on any atom is 0.433 e. The topological polar surface area (TPSA) is 98.9 Å². The van der Waals surface area contributed by atoms with Crippen molar-refractivity contribution in [3.8, 4) is 0 Å². The molecule has 0 fully saturated rings. The first-order valence-corrected chi connectivity index (χ1v) is 9.81. The highest BCUT2D eigenvalue weighted by Gasteiger charge is 2.38. The summed E-state index contributed by atoms with van der Waals surface area (Å²) in [4.78, 5) is 16.7. The molecule has 2 aromatic rings. The van der Waals surface area contributed by atoms with E-state index in [0.29, 0.717) is 40.6 Å². The molecule has 3 N–H and O–H groups in total. The van der Waals surface area contributed by atoms with Crippen LogP contribution < -0.4 is 5.32 Å². The lowest BCUT2D eigenvalue weighted by atomic mass is 9.83. The van der Waals surface area contributed by atoms with Gasteiger partial charge in [0.05, 0.1) is 18.3 Å². The molecule has 0 atom stereocenters. The van der Waals surface area contributed by atoms with Gasteiger partial charge in [-0.05, 0) is 55.9 Å². The smallest absolute Gasteiger partial charge is 0.433 e. The number of hydrogen-bond donors (Lipinski definition) is 3. The number of methoxy groups -OCH3 is 1. The minimum absolute atomic E-state index is 0.139. The Morgan fingerprint density at radius 3 is 2.39 bits per heavy atom. The van der Waals surface area contributed by atoms with E-state index in [9.17, 15) is 18.0 Å². The molecular formula is C22H23F3N4O2. The van der Waals surface area contributed by atoms with Crippen molar-refractivity contribution in [3.05, 3.63) is 40.6 Å². The first-order chi connectivity index (χ1) is 14.6. The number of carbonyl (C=O) groups excluding carboxylic acids is 1. The monoisotopic (exact) mass is 432 g/mol. The zero-order valence-corrected chi connectivity index (χ0v) is 17.5. The number of carbonyl (C=O) groups is 1. The number of aromatic nitrogens is 1. The van der Waals surface area contributed by atoms with Crippen LogP contribution in [0.25, 0.3) is 16.5 Å². The summed E-state index contributed by atoms with van der Waals surface area (Å²) < 4.78 is 44.7. The molecule has 9 heteroatoms. The van der Waals surface area contributed by atoms with Gasteiger partial charge in [0.2, 0.25) is 0 Å². The van der Waals surface area contributed by atoms with Crippen molar-refractivity contribution >= 4 is 39.6 Å². The molecule has 6 nitrogen and oxygen atoms in total. The standard InChI is InChI=1S/C22H23F3N4O2/c1-4-11(20(27)22(23,24)25)19-13-8-6-5-7-12(13)16-15(29-19)10-9-14(28-2)17(16)18(26)21(30)31-3/h4,9-10,26-28H,5-8H2,1-3H3/b11-4-,26-18?,27-20?. The molecule has 0 spiro atoms. The van der Waals surface area contributed by atoms with Crippen molar-refractivity contribution in [2.75, 3.05) is 19.5 Å². The van der Waals surface area contributed by atoms with Crippen LogP contribution in [0.15, 0.2) is 18.2 Å². The molecule has 0 aliphatic heterocycles. The van der Waals surface area contributed by atoms with Gasteiger partial charge in [-0.25, -0.2) is 9.78 Å². The van der Waals surface area contributed by atoms with Gasteiger partial charge in [-0.15, -0.1) is 0 Å². The molecule has 1 aromatic carbocycles. The number of nitrogens with one attached hydrogen (secondary N) is 3. The minimum Gasteiger partial charge on any atom is -0.464 e. The van der Waals surface area contributed by atoms with Crippen molar-refractivity contribution in [1.29, 1.82) is 10.8 Å². The van der Waals surface area contributed by atoms with Gasteiger partial charge < -0.3 is 10.1 Å². The Hall–Kier alpha value is -3.23. The molecule has 0 bridgehead atoms. The summed E-state index contributed by atoms with van der Waals surface area (Å²) in [6.07, 6.45) is -0.856. The van der Waals surface area contributed by atoms with Gasteiger partial charge in [-0.1, -0.05) is 6.08 Å². The molecule has 1 aliphatic carbocycles. The van der Waals surface area contributed by atoms with Crippen molar-refractivity contribution in [2.45, 2.75) is 38.8 Å². The van der Waals surface area contributed by atoms with Crippen molar-refractivity contribution in [1.82, 2.24) is 4.98 Å². The van der Waals surface area contributed by atoms with Gasteiger partial charge in [0.15, 0.2) is 0 Å². The van der Waals surface area contributed by atoms with E-state index in [4.69, 9.17) is 15.6 Å². The van der Waals surface area contributed by atoms with Crippen LogP contribution in [0.1, 0.15) is 42.1 Å². The van der Waals surface area contributed by atoms with Crippen LogP contribution in [0, 0.1) is 10.8 Å². The molecule has 1 heterocycles. The van der Waals surface area contributed by atoms with Gasteiger partial charge in [0.25, 0.3) is 0 Å². The third-order valence-corrected chi connectivity index (χ3v) is 5.48. The van der Waals surface area contributed by atoms with E-state index in [1.807, 2.05) is 0 Å². The highest BCUT2D eigenvalue weighted by molar-refractivity contribution is 6.45. The molecule has 1 aliphatic rings. The number of anilines is 1. The number of pyridine rings is 1. The van der Waals surface area contributed by atoms with Gasteiger partial charge in [-0.2, -0.15) is 13.2 Å². The quantitative estimate of drug-likeness (QED) is 0.472. The van der Waals surface area contributed by atoms with Crippen LogP contribution >= 0.6 is 0 Å². The molecular weight excluding hydrogens is 409 g/mol. The predicted molar refractivity (Wildman–Crippen MR) is 114 cm³/mol. The Bertz CT molecular complexity index is 1120. The number of allylic oxidation sites excluding steroid dienone is 2. The van der Waals surface area contributed by atoms with E-state index in [-0.39, 0.29) is 17.0 Å². The lowest BCUT2D eigenvalue weighted by Crippen LogP contribution is -2.25. The van der Waals surface area contributed by atoms with Crippen molar-refractivity contribution < 1.29 is 22.7 Å². The predicted octanol–water partition coefficient (Wildman–Crippen LogP) is 4.68. The number of ether oxygens (including phenoxy) is 1. The fourth-order valence-electron chi connectivity index (χ4n) is 4.07. The Kier molecular flexibility index (Phi) is 6.15. The number of rotatable bonds is 5. The van der Waals surface area contributed by atoms with E-state index in [1.165, 1.54) is 20.1 Å². The molecule has 0 radical (unpaired) electrons. The van der Waals surface area contributed by atoms with Crippen LogP contribution in [0.2, 0.25) is 0 Å². The zero-order chi connectivity index (χ0) is 22.9. The molecule has 31 heavy (non-hydrogen) atoms. The maximum atomic E-state index is 13.3. The summed E-state index contributed by atoms with van der Waals surface area (Å²) in [6, 6.07) is 3.28. The first kappa shape index (κ1) is 22.5. The normalized spacial score (nSPS) is 14.2. The first-order valence-electron chi connectivity index (χ1n) is 9.81. The summed E-state index contributed by atoms with van der Waals surface area (Å²) in [7, 11) is 2.85. The molecule has 164 valence electrons. The summed E-state index contributed by atoms with van der Waals surface area (Å²) in [5.41, 5.74) is 0.686. The minimum atomic E-state index is -4.80. The van der Waals surface area contributed by atoms with Gasteiger partial charge in [0.1, 0.15) is 11.4 Å². The number of esters is 1. The van der Waals surface area contributed by atoms with E-state index < -0.39 is 17.9 Å². The summed E-state index contributed by atoms with van der Waals surface area (Å²) in [6.45, 7) is 1.46. The van der Waals surface area contributed by atoms with E-state index in [1.54, 1.807) is 19.2 Å². The number of fused-ring (bicyclic) bond motifs is 3. The Morgan fingerprint density at radius 1 is 1.19 bits per heavy atom. The molecule has 1 aromatic heterocycles. The van der Waals surface area contributed by atoms with Gasteiger partial charge in [0, 0.05) is 29.3 Å². The van der Waals surface area contributed by atoms with Crippen molar-refractivity contribution in [3.63, 3.8) is 0 Å². The fourth-order valence-corrected chi connectivity index (χ4v) is 4.07. The molecule has 3 rings (SSSR count). The second kappa shape index (κ2) is 8.49. The zero-order valence-electron chi connectivity index (χ0n) is 17.5. The molecule has 0 unspecified atom stereocenters. The molecule has 0 saturated heterocycles. The molecule has 0 saturated carbocycles. The van der Waals surface area contributed by atoms with Crippen LogP contribution in [0.5, 0.6) is 0 Å². The highest BCUT2D eigenvalue weighted by Crippen LogP contribution is 2.39. The number of aryl methyl sites for hydroxylation is 1. The Labute approximate surface area is 177 Å². The number of alkyl halides is 3. The van der Waals surface area contributed by atoms with Crippen LogP contribution in [0.4, 0.5) is 18.9 Å².